The largest absolute Gasteiger partial charge is 0.476 e. The van der Waals surface area contributed by atoms with Gasteiger partial charge in [0, 0.05) is 13.1 Å². The Morgan fingerprint density at radius 3 is 2.90 bits per heavy atom. The van der Waals surface area contributed by atoms with Crippen molar-refractivity contribution in [2.24, 2.45) is 5.92 Å². The summed E-state index contributed by atoms with van der Waals surface area (Å²) in [5.74, 6) is 1.73. The maximum Gasteiger partial charge on any atom is 0.239 e. The highest BCUT2D eigenvalue weighted by molar-refractivity contribution is 5.54. The normalized spacial score (nSPS) is 23.1. The van der Waals surface area contributed by atoms with Crippen molar-refractivity contribution < 1.29 is 9.84 Å². The lowest BCUT2D eigenvalue weighted by Crippen LogP contribution is -2.46. The highest BCUT2D eigenvalue weighted by atomic mass is 16.5. The van der Waals surface area contributed by atoms with Gasteiger partial charge in [0.25, 0.3) is 0 Å². The van der Waals surface area contributed by atoms with Gasteiger partial charge < -0.3 is 20.5 Å². The topological polar surface area (TPSA) is 71.6 Å². The number of pyridine rings is 1. The highest BCUT2D eigenvalue weighted by Crippen LogP contribution is 2.28. The maximum atomic E-state index is 10.2. The van der Waals surface area contributed by atoms with Gasteiger partial charge in [-0.1, -0.05) is 13.8 Å². The summed E-state index contributed by atoms with van der Waals surface area (Å²) in [6, 6.07) is 3.71. The Balaban J connectivity index is 2.14. The molecular formula is C15H25N3O2. The summed E-state index contributed by atoms with van der Waals surface area (Å²) in [7, 11) is 0. The van der Waals surface area contributed by atoms with Crippen molar-refractivity contribution in [2.45, 2.75) is 39.2 Å². The second-order valence-electron chi connectivity index (χ2n) is 6.29. The molecule has 1 aromatic rings. The molecule has 1 aliphatic rings. The number of nitrogens with two attached hydrogens (primary N) is 1. The van der Waals surface area contributed by atoms with E-state index in [4.69, 9.17) is 10.5 Å². The van der Waals surface area contributed by atoms with Crippen molar-refractivity contribution in [3.63, 3.8) is 0 Å². The van der Waals surface area contributed by atoms with E-state index in [0.29, 0.717) is 30.6 Å². The molecule has 2 rings (SSSR count). The third kappa shape index (κ3) is 3.76. The SMILES string of the molecule is CC(C)COc1nc(N2CCCC(C)(O)C2)ccc1N. The minimum atomic E-state index is -0.653. The fraction of sp³-hybridized carbons (Fsp3) is 0.667. The lowest BCUT2D eigenvalue weighted by molar-refractivity contribution is 0.0446. The van der Waals surface area contributed by atoms with E-state index < -0.39 is 5.60 Å². The van der Waals surface area contributed by atoms with Crippen LogP contribution in [-0.4, -0.2) is 35.4 Å². The second-order valence-corrected chi connectivity index (χ2v) is 6.29. The first-order chi connectivity index (χ1) is 9.37. The summed E-state index contributed by atoms with van der Waals surface area (Å²) >= 11 is 0. The highest BCUT2D eigenvalue weighted by Gasteiger charge is 2.29. The summed E-state index contributed by atoms with van der Waals surface area (Å²) in [4.78, 5) is 6.59. The maximum absolute atomic E-state index is 10.2. The number of piperidine rings is 1. The summed E-state index contributed by atoms with van der Waals surface area (Å²) in [6.07, 6.45) is 1.79. The van der Waals surface area contributed by atoms with Crippen molar-refractivity contribution in [3.05, 3.63) is 12.1 Å². The van der Waals surface area contributed by atoms with Gasteiger partial charge in [0.2, 0.25) is 5.88 Å². The second kappa shape index (κ2) is 5.87. The zero-order chi connectivity index (χ0) is 14.8. The zero-order valence-corrected chi connectivity index (χ0v) is 12.6. The average Bonchev–Trinajstić information content (AvgIpc) is 2.36. The van der Waals surface area contributed by atoms with Crippen molar-refractivity contribution >= 4 is 11.5 Å². The molecule has 0 spiro atoms. The number of hydrogen-bond acceptors (Lipinski definition) is 5. The van der Waals surface area contributed by atoms with Gasteiger partial charge in [-0.2, -0.15) is 4.98 Å². The van der Waals surface area contributed by atoms with Crippen LogP contribution in [-0.2, 0) is 0 Å². The Morgan fingerprint density at radius 2 is 2.25 bits per heavy atom. The van der Waals surface area contributed by atoms with Crippen LogP contribution in [0.15, 0.2) is 12.1 Å². The number of aliphatic hydroxyl groups is 1. The first-order valence-electron chi connectivity index (χ1n) is 7.24. The van der Waals surface area contributed by atoms with Crippen molar-refractivity contribution in [3.8, 4) is 5.88 Å². The molecular weight excluding hydrogens is 254 g/mol. The number of anilines is 2. The number of β-amino-alcohol motifs (C(OH)–C–C–N with tert-alkyl or cyclic N) is 1. The standard InChI is InChI=1S/C15H25N3O2/c1-11(2)9-20-14-12(16)5-6-13(17-14)18-8-4-7-15(3,19)10-18/h5-6,11,19H,4,7-10,16H2,1-3H3. The summed E-state index contributed by atoms with van der Waals surface area (Å²) in [5.41, 5.74) is 5.80. The molecule has 5 nitrogen and oxygen atoms in total. The lowest BCUT2D eigenvalue weighted by Gasteiger charge is -2.37. The van der Waals surface area contributed by atoms with Gasteiger partial charge in [0.05, 0.1) is 17.9 Å². The number of nitrogens with zero attached hydrogens (tertiary/aromatic N) is 2. The van der Waals surface area contributed by atoms with E-state index in [0.717, 1.165) is 25.2 Å². The van der Waals surface area contributed by atoms with Gasteiger partial charge in [0.1, 0.15) is 5.82 Å². The van der Waals surface area contributed by atoms with Gasteiger partial charge in [-0.3, -0.25) is 0 Å². The molecule has 0 amide bonds. The third-order valence-corrected chi connectivity index (χ3v) is 3.43. The monoisotopic (exact) mass is 279 g/mol. The number of aromatic nitrogens is 1. The van der Waals surface area contributed by atoms with Crippen LogP contribution in [0.25, 0.3) is 0 Å². The van der Waals surface area contributed by atoms with Gasteiger partial charge in [-0.15, -0.1) is 0 Å². The predicted molar refractivity (Wildman–Crippen MR) is 81.1 cm³/mol. The molecule has 0 aliphatic carbocycles. The molecule has 2 heterocycles. The number of ether oxygens (including phenoxy) is 1. The summed E-state index contributed by atoms with van der Waals surface area (Å²) < 4.78 is 5.66. The lowest BCUT2D eigenvalue weighted by atomic mass is 9.95. The van der Waals surface area contributed by atoms with Gasteiger partial charge in [-0.25, -0.2) is 0 Å². The Kier molecular flexibility index (Phi) is 4.38. The van der Waals surface area contributed by atoms with Crippen LogP contribution in [0.5, 0.6) is 5.88 Å². The molecule has 0 aromatic carbocycles. The van der Waals surface area contributed by atoms with Crippen LogP contribution < -0.4 is 15.4 Å². The molecule has 1 aromatic heterocycles. The van der Waals surface area contributed by atoms with Gasteiger partial charge in [-0.05, 0) is 37.8 Å². The molecule has 1 saturated heterocycles. The van der Waals surface area contributed by atoms with Crippen LogP contribution in [0.3, 0.4) is 0 Å². The fourth-order valence-corrected chi connectivity index (χ4v) is 2.39. The van der Waals surface area contributed by atoms with Crippen LogP contribution in [0.2, 0.25) is 0 Å². The smallest absolute Gasteiger partial charge is 0.239 e. The van der Waals surface area contributed by atoms with E-state index in [1.165, 1.54) is 0 Å². The minimum absolute atomic E-state index is 0.426. The quantitative estimate of drug-likeness (QED) is 0.882. The molecule has 5 heteroatoms. The van der Waals surface area contributed by atoms with E-state index in [1.807, 2.05) is 19.1 Å². The number of hydrogen-bond donors (Lipinski definition) is 2. The molecule has 0 bridgehead atoms. The van der Waals surface area contributed by atoms with Crippen molar-refractivity contribution in [1.82, 2.24) is 4.98 Å². The van der Waals surface area contributed by atoms with Crippen molar-refractivity contribution in [2.75, 3.05) is 30.3 Å². The average molecular weight is 279 g/mol. The zero-order valence-electron chi connectivity index (χ0n) is 12.6. The summed E-state index contributed by atoms with van der Waals surface area (Å²) in [5, 5.41) is 10.2. The van der Waals surface area contributed by atoms with E-state index in [-0.39, 0.29) is 0 Å². The van der Waals surface area contributed by atoms with E-state index in [2.05, 4.69) is 23.7 Å². The van der Waals surface area contributed by atoms with E-state index in [1.54, 1.807) is 0 Å². The first-order valence-corrected chi connectivity index (χ1v) is 7.24. The van der Waals surface area contributed by atoms with Gasteiger partial charge in [0.15, 0.2) is 0 Å². The number of nitrogen functional groups attached to an aromatic ring is 1. The van der Waals surface area contributed by atoms with Crippen LogP contribution in [0, 0.1) is 5.92 Å². The molecule has 20 heavy (non-hydrogen) atoms. The van der Waals surface area contributed by atoms with Gasteiger partial charge >= 0.3 is 0 Å². The molecule has 1 unspecified atom stereocenters. The van der Waals surface area contributed by atoms with E-state index >= 15 is 0 Å². The fourth-order valence-electron chi connectivity index (χ4n) is 2.39. The van der Waals surface area contributed by atoms with Crippen LogP contribution in [0.4, 0.5) is 11.5 Å². The Hall–Kier alpha value is -1.49. The first kappa shape index (κ1) is 14.9. The molecule has 112 valence electrons. The van der Waals surface area contributed by atoms with E-state index in [9.17, 15) is 5.11 Å². The number of rotatable bonds is 4. The Bertz CT molecular complexity index is 460. The van der Waals surface area contributed by atoms with Crippen LogP contribution in [0.1, 0.15) is 33.6 Å². The Morgan fingerprint density at radius 1 is 1.50 bits per heavy atom. The molecule has 1 atom stereocenters. The molecule has 0 radical (unpaired) electrons. The third-order valence-electron chi connectivity index (χ3n) is 3.43. The molecule has 1 aliphatic heterocycles. The minimum Gasteiger partial charge on any atom is -0.476 e. The summed E-state index contributed by atoms with van der Waals surface area (Å²) in [6.45, 7) is 8.12. The van der Waals surface area contributed by atoms with Crippen molar-refractivity contribution in [1.29, 1.82) is 0 Å². The molecule has 1 fully saturated rings. The Labute approximate surface area is 120 Å². The predicted octanol–water partition coefficient (Wildman–Crippen LogP) is 2.05. The molecule has 0 saturated carbocycles. The molecule has 3 N–H and O–H groups in total. The van der Waals surface area contributed by atoms with Crippen LogP contribution >= 0.6 is 0 Å².